The molecule has 1 fully saturated rings. The second-order valence-electron chi connectivity index (χ2n) is 11.2. The van der Waals surface area contributed by atoms with Gasteiger partial charge in [-0.1, -0.05) is 51.2 Å². The van der Waals surface area contributed by atoms with E-state index in [2.05, 4.69) is 15.4 Å². The first-order valence-corrected chi connectivity index (χ1v) is 15.0. The highest BCUT2D eigenvalue weighted by Crippen LogP contribution is 2.46. The summed E-state index contributed by atoms with van der Waals surface area (Å²) in [6, 6.07) is 12.5. The monoisotopic (exact) mass is 642 g/mol. The molecule has 2 aliphatic rings. The highest BCUT2D eigenvalue weighted by molar-refractivity contribution is 6.39. The van der Waals surface area contributed by atoms with Crippen LogP contribution in [0.25, 0.3) is 11.3 Å². The number of rotatable bonds is 9. The van der Waals surface area contributed by atoms with Crippen molar-refractivity contribution in [3.8, 4) is 17.0 Å². The van der Waals surface area contributed by atoms with Crippen LogP contribution in [-0.2, 0) is 21.8 Å². The molecule has 0 radical (unpaired) electrons. The first-order valence-electron chi connectivity index (χ1n) is 13.9. The summed E-state index contributed by atoms with van der Waals surface area (Å²) in [5.74, 6) is 1.15. The molecule has 43 heavy (non-hydrogen) atoms. The molecule has 1 aliphatic carbocycles. The molecule has 224 valence electrons. The second kappa shape index (κ2) is 11.5. The highest BCUT2D eigenvalue weighted by Gasteiger charge is 2.40. The molecule has 0 spiro atoms. The van der Waals surface area contributed by atoms with E-state index < -0.39 is 11.6 Å². The zero-order chi connectivity index (χ0) is 30.5. The summed E-state index contributed by atoms with van der Waals surface area (Å²) in [6.07, 6.45) is 2.48. The molecule has 0 amide bonds. The van der Waals surface area contributed by atoms with Crippen molar-refractivity contribution in [3.05, 3.63) is 85.8 Å². The van der Waals surface area contributed by atoms with Crippen LogP contribution in [0.5, 0.6) is 5.75 Å². The van der Waals surface area contributed by atoms with Gasteiger partial charge in [0, 0.05) is 35.6 Å². The predicted octanol–water partition coefficient (Wildman–Crippen LogP) is 8.36. The Morgan fingerprint density at radius 3 is 2.51 bits per heavy atom. The van der Waals surface area contributed by atoms with Gasteiger partial charge < -0.3 is 18.8 Å². The quantitative estimate of drug-likeness (QED) is 0.169. The van der Waals surface area contributed by atoms with Gasteiger partial charge in [0.05, 0.1) is 33.4 Å². The van der Waals surface area contributed by atoms with E-state index in [9.17, 15) is 4.79 Å². The van der Waals surface area contributed by atoms with E-state index in [1.807, 2.05) is 32.9 Å². The minimum atomic E-state index is -0.843. The van der Waals surface area contributed by atoms with Crippen molar-refractivity contribution in [2.75, 3.05) is 7.11 Å². The average Bonchev–Trinajstić information content (AvgIpc) is 3.38. The van der Waals surface area contributed by atoms with Crippen LogP contribution in [0.1, 0.15) is 85.1 Å². The van der Waals surface area contributed by atoms with Gasteiger partial charge in [0.25, 0.3) is 0 Å². The molecule has 1 unspecified atom stereocenters. The van der Waals surface area contributed by atoms with Crippen LogP contribution in [-0.4, -0.2) is 33.7 Å². The lowest BCUT2D eigenvalue weighted by Crippen LogP contribution is -2.23. The third kappa shape index (κ3) is 5.61. The Morgan fingerprint density at radius 2 is 1.86 bits per heavy atom. The van der Waals surface area contributed by atoms with Crippen LogP contribution >= 0.6 is 34.8 Å². The molecular weight excluding hydrogens is 615 g/mol. The lowest BCUT2D eigenvalue weighted by Gasteiger charge is -2.23. The maximum atomic E-state index is 12.1. The molecule has 2 aromatic heterocycles. The molecule has 2 aromatic carbocycles. The topological polar surface area (TPSA) is 101 Å². The van der Waals surface area contributed by atoms with Crippen molar-refractivity contribution in [2.24, 2.45) is 5.16 Å². The zero-order valence-corrected chi connectivity index (χ0v) is 26.3. The lowest BCUT2D eigenvalue weighted by atomic mass is 9.90. The third-order valence-electron chi connectivity index (χ3n) is 7.64. The Morgan fingerprint density at radius 1 is 1.12 bits per heavy atom. The van der Waals surface area contributed by atoms with E-state index >= 15 is 0 Å². The van der Waals surface area contributed by atoms with Crippen molar-refractivity contribution in [3.63, 3.8) is 0 Å². The van der Waals surface area contributed by atoms with Crippen LogP contribution in [0.15, 0.2) is 52.1 Å². The predicted molar refractivity (Wildman–Crippen MR) is 163 cm³/mol. The van der Waals surface area contributed by atoms with Gasteiger partial charge in [-0.15, -0.1) is 0 Å². The second-order valence-corrected chi connectivity index (χ2v) is 12.4. The molecule has 4 aromatic rings. The van der Waals surface area contributed by atoms with E-state index in [4.69, 9.17) is 53.6 Å². The molecule has 3 heterocycles. The van der Waals surface area contributed by atoms with E-state index in [1.165, 1.54) is 7.11 Å². The number of hydrogen-bond donors (Lipinski definition) is 0. The number of carbonyl (C=O) groups excluding carboxylic acids is 1. The summed E-state index contributed by atoms with van der Waals surface area (Å²) in [6.45, 7) is 6.07. The Balaban J connectivity index is 1.22. The van der Waals surface area contributed by atoms with Crippen molar-refractivity contribution in [2.45, 2.75) is 64.2 Å². The molecule has 6 rings (SSSR count). The molecule has 1 atom stereocenters. The maximum Gasteiger partial charge on any atom is 0.358 e. The molecule has 1 saturated carbocycles. The Kier molecular flexibility index (Phi) is 7.91. The number of hydrogen-bond acceptors (Lipinski definition) is 8. The van der Waals surface area contributed by atoms with Crippen molar-refractivity contribution in [1.29, 1.82) is 0 Å². The standard InChI is InChI=1S/C31H29Cl3N4O5/c1-16(2)38-26(13-24(35-38)30(39)40-4)25-14-31(3,43-36-25)20-11-10-18(12-23(20)34)41-15-19-28(37-42-29(19)17-8-9-17)27-21(32)6-5-7-22(27)33/h5-7,10-13,16-17H,8-9,14-15H2,1-4H3. The van der Waals surface area contributed by atoms with Gasteiger partial charge in [0.15, 0.2) is 11.3 Å². The van der Waals surface area contributed by atoms with Crippen LogP contribution in [0, 0.1) is 0 Å². The molecule has 0 bridgehead atoms. The highest BCUT2D eigenvalue weighted by atomic mass is 35.5. The zero-order valence-electron chi connectivity index (χ0n) is 24.0. The Bertz CT molecular complexity index is 1720. The summed E-state index contributed by atoms with van der Waals surface area (Å²) >= 11 is 19.8. The van der Waals surface area contributed by atoms with Gasteiger partial charge in [-0.2, -0.15) is 5.10 Å². The summed E-state index contributed by atoms with van der Waals surface area (Å²) in [7, 11) is 1.32. The van der Waals surface area contributed by atoms with Gasteiger partial charge in [0.2, 0.25) is 0 Å². The minimum Gasteiger partial charge on any atom is -0.489 e. The number of benzene rings is 2. The number of carbonyl (C=O) groups is 1. The fourth-order valence-corrected chi connectivity index (χ4v) is 6.19. The van der Waals surface area contributed by atoms with Crippen LogP contribution in [0.4, 0.5) is 0 Å². The fourth-order valence-electron chi connectivity index (χ4n) is 5.25. The van der Waals surface area contributed by atoms with Crippen molar-refractivity contribution < 1.29 is 23.6 Å². The van der Waals surface area contributed by atoms with Crippen molar-refractivity contribution >= 4 is 46.5 Å². The van der Waals surface area contributed by atoms with E-state index in [0.29, 0.717) is 55.8 Å². The number of oxime groups is 1. The molecule has 0 N–H and O–H groups in total. The van der Waals surface area contributed by atoms with Gasteiger partial charge in [0.1, 0.15) is 29.5 Å². The van der Waals surface area contributed by atoms with Gasteiger partial charge in [-0.3, -0.25) is 4.68 Å². The molecular formula is C31H29Cl3N4O5. The lowest BCUT2D eigenvalue weighted by molar-refractivity contribution is -0.00733. The number of nitrogens with zero attached hydrogens (tertiary/aromatic N) is 4. The number of esters is 1. The van der Waals surface area contributed by atoms with E-state index in [-0.39, 0.29) is 18.3 Å². The molecule has 9 nitrogen and oxygen atoms in total. The van der Waals surface area contributed by atoms with Crippen molar-refractivity contribution in [1.82, 2.24) is 14.9 Å². The van der Waals surface area contributed by atoms with Crippen LogP contribution in [0.3, 0.4) is 0 Å². The van der Waals surface area contributed by atoms with Crippen LogP contribution < -0.4 is 4.74 Å². The number of methoxy groups -OCH3 is 1. The molecule has 12 heteroatoms. The smallest absolute Gasteiger partial charge is 0.358 e. The van der Waals surface area contributed by atoms with Crippen LogP contribution in [0.2, 0.25) is 15.1 Å². The van der Waals surface area contributed by atoms with E-state index in [0.717, 1.165) is 29.7 Å². The summed E-state index contributed by atoms with van der Waals surface area (Å²) in [4.78, 5) is 18.1. The van der Waals surface area contributed by atoms with Gasteiger partial charge in [-0.25, -0.2) is 4.79 Å². The summed E-state index contributed by atoms with van der Waals surface area (Å²) in [5.41, 5.74) is 3.46. The Hall–Kier alpha value is -3.53. The maximum absolute atomic E-state index is 12.1. The molecule has 1 aliphatic heterocycles. The SMILES string of the molecule is COC(=O)c1cc(C2=NOC(C)(c3ccc(OCc4c(-c5c(Cl)cccc5Cl)noc4C4CC4)cc3Cl)C2)n(C(C)C)n1. The van der Waals surface area contributed by atoms with Gasteiger partial charge >= 0.3 is 5.97 Å². The van der Waals surface area contributed by atoms with Gasteiger partial charge in [-0.05, 0) is 63.9 Å². The Labute approximate surface area is 263 Å². The first kappa shape index (κ1) is 29.5. The summed E-state index contributed by atoms with van der Waals surface area (Å²) < 4.78 is 18.6. The first-order chi connectivity index (χ1) is 20.6. The number of aromatic nitrogens is 3. The third-order valence-corrected chi connectivity index (χ3v) is 8.58. The largest absolute Gasteiger partial charge is 0.489 e. The normalized spacial score (nSPS) is 18.1. The number of ether oxygens (including phenoxy) is 2. The average molecular weight is 644 g/mol. The molecule has 0 saturated heterocycles. The fraction of sp³-hybridized carbons (Fsp3) is 0.355. The number of halogens is 3. The minimum absolute atomic E-state index is 0.0108. The summed E-state index contributed by atoms with van der Waals surface area (Å²) in [5, 5.41) is 14.5. The van der Waals surface area contributed by atoms with E-state index in [1.54, 1.807) is 35.0 Å².